The third kappa shape index (κ3) is 2.09. The fourth-order valence-electron chi connectivity index (χ4n) is 1.88. The van der Waals surface area contributed by atoms with Crippen molar-refractivity contribution in [1.29, 1.82) is 0 Å². The Bertz CT molecular complexity index is 324. The van der Waals surface area contributed by atoms with Gasteiger partial charge in [0.2, 0.25) is 0 Å². The summed E-state index contributed by atoms with van der Waals surface area (Å²) in [4.78, 5) is 0. The van der Waals surface area contributed by atoms with E-state index in [1.807, 2.05) is 30.4 Å². The molecule has 0 amide bonds. The van der Waals surface area contributed by atoms with Crippen LogP contribution < -0.4 is 0 Å². The van der Waals surface area contributed by atoms with Crippen LogP contribution >= 0.6 is 23.4 Å². The molecular weight excluding hydrogens is 216 g/mol. The molecule has 0 spiro atoms. The normalized spacial score (nSPS) is 27.1. The van der Waals surface area contributed by atoms with Gasteiger partial charge in [0.25, 0.3) is 0 Å². The Labute approximate surface area is 94.0 Å². The van der Waals surface area contributed by atoms with Crippen LogP contribution in [0.1, 0.15) is 11.4 Å². The minimum Gasteiger partial charge on any atom is -0.272 e. The zero-order chi connectivity index (χ0) is 10.1. The second-order valence-corrected chi connectivity index (χ2v) is 5.55. The van der Waals surface area contributed by atoms with Crippen molar-refractivity contribution >= 4 is 23.4 Å². The molecule has 78 valence electrons. The lowest BCUT2D eigenvalue weighted by atomic mass is 10.0. The van der Waals surface area contributed by atoms with Gasteiger partial charge >= 0.3 is 0 Å². The van der Waals surface area contributed by atoms with Gasteiger partial charge in [-0.25, -0.2) is 0 Å². The highest BCUT2D eigenvalue weighted by Gasteiger charge is 2.26. The molecule has 0 N–H and O–H groups in total. The number of aryl methyl sites for hydroxylation is 2. The standard InChI is InChI=1S/C10H15ClN2S/c1-7-3-9(13(2)12-7)4-8-5-14-6-10(8)11/h3,8,10H,4-6H2,1-2H3. The first-order chi connectivity index (χ1) is 6.66. The number of rotatable bonds is 2. The van der Waals surface area contributed by atoms with Gasteiger partial charge in [-0.1, -0.05) is 0 Å². The van der Waals surface area contributed by atoms with E-state index in [1.165, 1.54) is 11.4 Å². The van der Waals surface area contributed by atoms with Crippen LogP contribution in [0.5, 0.6) is 0 Å². The molecule has 1 aliphatic rings. The molecule has 2 unspecified atom stereocenters. The number of hydrogen-bond donors (Lipinski definition) is 0. The lowest BCUT2D eigenvalue weighted by Crippen LogP contribution is -2.16. The summed E-state index contributed by atoms with van der Waals surface area (Å²) in [7, 11) is 2.01. The van der Waals surface area contributed by atoms with Crippen LogP contribution in [0.3, 0.4) is 0 Å². The van der Waals surface area contributed by atoms with Gasteiger partial charge < -0.3 is 0 Å². The molecule has 1 aromatic heterocycles. The number of alkyl halides is 1. The summed E-state index contributed by atoms with van der Waals surface area (Å²) in [6, 6.07) is 2.16. The summed E-state index contributed by atoms with van der Waals surface area (Å²) in [6.45, 7) is 2.03. The van der Waals surface area contributed by atoms with Crippen LogP contribution in [0.25, 0.3) is 0 Å². The van der Waals surface area contributed by atoms with Gasteiger partial charge in [0.1, 0.15) is 0 Å². The SMILES string of the molecule is Cc1cc(CC2CSCC2Cl)n(C)n1. The van der Waals surface area contributed by atoms with E-state index in [2.05, 4.69) is 11.2 Å². The lowest BCUT2D eigenvalue weighted by Gasteiger charge is -2.12. The zero-order valence-electron chi connectivity index (χ0n) is 8.53. The van der Waals surface area contributed by atoms with Crippen LogP contribution in [0, 0.1) is 12.8 Å². The maximum atomic E-state index is 6.24. The Kier molecular flexibility index (Phi) is 3.07. The van der Waals surface area contributed by atoms with Crippen LogP contribution in [-0.2, 0) is 13.5 Å². The highest BCUT2D eigenvalue weighted by Crippen LogP contribution is 2.30. The van der Waals surface area contributed by atoms with Crippen molar-refractivity contribution in [3.8, 4) is 0 Å². The molecule has 2 nitrogen and oxygen atoms in total. The van der Waals surface area contributed by atoms with Crippen molar-refractivity contribution in [3.63, 3.8) is 0 Å². The first kappa shape index (κ1) is 10.4. The molecule has 2 heterocycles. The van der Waals surface area contributed by atoms with Crippen molar-refractivity contribution in [1.82, 2.24) is 9.78 Å². The van der Waals surface area contributed by atoms with Crippen LogP contribution in [0.4, 0.5) is 0 Å². The fourth-order valence-corrected chi connectivity index (χ4v) is 3.72. The number of thioether (sulfide) groups is 1. The summed E-state index contributed by atoms with van der Waals surface area (Å²) in [5.41, 5.74) is 2.40. The van der Waals surface area contributed by atoms with Gasteiger partial charge in [0.15, 0.2) is 0 Å². The fraction of sp³-hybridized carbons (Fsp3) is 0.700. The zero-order valence-corrected chi connectivity index (χ0v) is 10.1. The Morgan fingerprint density at radius 1 is 1.64 bits per heavy atom. The first-order valence-electron chi connectivity index (χ1n) is 4.88. The maximum Gasteiger partial charge on any atom is 0.0596 e. The average Bonchev–Trinajstić information content (AvgIpc) is 2.62. The molecule has 1 saturated heterocycles. The number of hydrogen-bond acceptors (Lipinski definition) is 2. The van der Waals surface area contributed by atoms with E-state index >= 15 is 0 Å². The van der Waals surface area contributed by atoms with Crippen molar-refractivity contribution in [2.24, 2.45) is 13.0 Å². The van der Waals surface area contributed by atoms with E-state index in [9.17, 15) is 0 Å². The van der Waals surface area contributed by atoms with E-state index in [1.54, 1.807) is 0 Å². The van der Waals surface area contributed by atoms with Crippen LogP contribution in [-0.4, -0.2) is 26.7 Å². The average molecular weight is 231 g/mol. The van der Waals surface area contributed by atoms with Crippen LogP contribution in [0.2, 0.25) is 0 Å². The van der Waals surface area contributed by atoms with E-state index in [0.29, 0.717) is 11.3 Å². The molecule has 0 aromatic carbocycles. The smallest absolute Gasteiger partial charge is 0.0596 e. The third-order valence-electron chi connectivity index (χ3n) is 2.69. The minimum atomic E-state index is 0.343. The second kappa shape index (κ2) is 4.15. The lowest BCUT2D eigenvalue weighted by molar-refractivity contribution is 0.566. The predicted octanol–water partition coefficient (Wildman–Crippen LogP) is 2.24. The summed E-state index contributed by atoms with van der Waals surface area (Å²) in [6.07, 6.45) is 1.07. The Hall–Kier alpha value is -0.150. The summed E-state index contributed by atoms with van der Waals surface area (Å²) in [5, 5.41) is 4.69. The first-order valence-corrected chi connectivity index (χ1v) is 6.47. The van der Waals surface area contributed by atoms with E-state index < -0.39 is 0 Å². The molecular formula is C10H15ClN2S. The van der Waals surface area contributed by atoms with Crippen molar-refractivity contribution < 1.29 is 0 Å². The molecule has 1 aromatic rings. The molecule has 1 fully saturated rings. The topological polar surface area (TPSA) is 17.8 Å². The molecule has 1 aliphatic heterocycles. The number of nitrogens with zero attached hydrogens (tertiary/aromatic N) is 2. The number of halogens is 1. The molecule has 0 radical (unpaired) electrons. The molecule has 2 atom stereocenters. The van der Waals surface area contributed by atoms with E-state index in [4.69, 9.17) is 11.6 Å². The Morgan fingerprint density at radius 3 is 2.93 bits per heavy atom. The Balaban J connectivity index is 2.06. The van der Waals surface area contributed by atoms with Gasteiger partial charge in [0.05, 0.1) is 5.69 Å². The van der Waals surface area contributed by atoms with Gasteiger partial charge in [-0.05, 0) is 31.1 Å². The summed E-state index contributed by atoms with van der Waals surface area (Å²) < 4.78 is 1.97. The van der Waals surface area contributed by atoms with Gasteiger partial charge in [-0.2, -0.15) is 16.9 Å². The monoisotopic (exact) mass is 230 g/mol. The summed E-state index contributed by atoms with van der Waals surface area (Å²) in [5.74, 6) is 2.91. The molecule has 14 heavy (non-hydrogen) atoms. The third-order valence-corrected chi connectivity index (χ3v) is 4.64. The highest BCUT2D eigenvalue weighted by molar-refractivity contribution is 7.99. The molecule has 2 rings (SSSR count). The van der Waals surface area contributed by atoms with Gasteiger partial charge in [0, 0.05) is 23.9 Å². The van der Waals surface area contributed by atoms with Crippen LogP contribution in [0.15, 0.2) is 6.07 Å². The maximum absolute atomic E-state index is 6.24. The van der Waals surface area contributed by atoms with Gasteiger partial charge in [-0.15, -0.1) is 11.6 Å². The molecule has 0 bridgehead atoms. The molecule has 0 saturated carbocycles. The molecule has 4 heteroatoms. The highest BCUT2D eigenvalue weighted by atomic mass is 35.5. The summed E-state index contributed by atoms with van der Waals surface area (Å²) >= 11 is 8.20. The number of aromatic nitrogens is 2. The quantitative estimate of drug-likeness (QED) is 0.726. The minimum absolute atomic E-state index is 0.343. The largest absolute Gasteiger partial charge is 0.272 e. The van der Waals surface area contributed by atoms with E-state index in [-0.39, 0.29) is 0 Å². The van der Waals surface area contributed by atoms with Gasteiger partial charge in [-0.3, -0.25) is 4.68 Å². The Morgan fingerprint density at radius 2 is 2.43 bits per heavy atom. The van der Waals surface area contributed by atoms with Crippen molar-refractivity contribution in [3.05, 3.63) is 17.5 Å². The molecule has 0 aliphatic carbocycles. The van der Waals surface area contributed by atoms with Crippen molar-refractivity contribution in [2.45, 2.75) is 18.7 Å². The van der Waals surface area contributed by atoms with E-state index in [0.717, 1.165) is 17.9 Å². The predicted molar refractivity (Wildman–Crippen MR) is 62.1 cm³/mol. The van der Waals surface area contributed by atoms with Crippen molar-refractivity contribution in [2.75, 3.05) is 11.5 Å². The second-order valence-electron chi connectivity index (χ2n) is 3.92.